The lowest BCUT2D eigenvalue weighted by atomic mass is 9.86. The van der Waals surface area contributed by atoms with Gasteiger partial charge in [-0.05, 0) is 65.0 Å². The molecule has 0 unspecified atom stereocenters. The van der Waals surface area contributed by atoms with Gasteiger partial charge in [0.15, 0.2) is 0 Å². The number of anilines is 2. The molecule has 0 bridgehead atoms. The third-order valence-corrected chi connectivity index (χ3v) is 7.88. The van der Waals surface area contributed by atoms with Crippen molar-refractivity contribution in [1.82, 2.24) is 9.71 Å². The lowest BCUT2D eigenvalue weighted by Crippen LogP contribution is -2.46. The molecule has 0 aromatic carbocycles. The molecule has 2 aliphatic rings. The zero-order valence-electron chi connectivity index (χ0n) is 17.5. The molecule has 0 atom stereocenters. The molecule has 0 spiro atoms. The lowest BCUT2D eigenvalue weighted by molar-refractivity contribution is -0.120. The van der Waals surface area contributed by atoms with E-state index < -0.39 is 14.8 Å². The summed E-state index contributed by atoms with van der Waals surface area (Å²) < 4.78 is 26.6. The van der Waals surface area contributed by atoms with Crippen molar-refractivity contribution < 1.29 is 13.2 Å². The van der Waals surface area contributed by atoms with Crippen LogP contribution in [0.25, 0.3) is 0 Å². The molecule has 0 radical (unpaired) electrons. The molecule has 160 valence electrons. The number of hydrogen-bond acceptors (Lipinski definition) is 5. The van der Waals surface area contributed by atoms with Gasteiger partial charge in [0.05, 0.1) is 16.6 Å². The molecule has 29 heavy (non-hydrogen) atoms. The summed E-state index contributed by atoms with van der Waals surface area (Å²) in [6.07, 6.45) is 9.74. The summed E-state index contributed by atoms with van der Waals surface area (Å²) in [6, 6.07) is 3.73. The van der Waals surface area contributed by atoms with Crippen LogP contribution in [0.15, 0.2) is 30.5 Å². The number of nitrogens with zero attached hydrogens (tertiary/aromatic N) is 2. The van der Waals surface area contributed by atoms with Crippen molar-refractivity contribution in [3.63, 3.8) is 0 Å². The maximum Gasteiger partial charge on any atom is 0.227 e. The summed E-state index contributed by atoms with van der Waals surface area (Å²) in [7, 11) is -3.36. The molecule has 1 aliphatic heterocycles. The number of carbonyl (C=O) groups is 1. The number of aromatic nitrogens is 1. The fourth-order valence-corrected chi connectivity index (χ4v) is 4.64. The lowest BCUT2D eigenvalue weighted by Gasteiger charge is -2.30. The van der Waals surface area contributed by atoms with E-state index in [2.05, 4.69) is 32.1 Å². The molecule has 1 aromatic rings. The number of rotatable bonds is 5. The van der Waals surface area contributed by atoms with Crippen LogP contribution in [0.2, 0.25) is 0 Å². The summed E-state index contributed by atoms with van der Waals surface area (Å²) in [5.41, 5.74) is 0.696. The molecule has 2 N–H and O–H groups in total. The van der Waals surface area contributed by atoms with E-state index in [0.717, 1.165) is 25.3 Å². The SMILES string of the molecule is CC(C)(C)S(=O)(=O)NC1CCC(C(=O)Nc2ccc(N3CC=CCC3)nc2)CC1. The number of nitrogens with one attached hydrogen (secondary N) is 2. The van der Waals surface area contributed by atoms with Gasteiger partial charge >= 0.3 is 0 Å². The van der Waals surface area contributed by atoms with Crippen molar-refractivity contribution in [2.45, 2.75) is 63.7 Å². The number of hydrogen-bond donors (Lipinski definition) is 2. The quantitative estimate of drug-likeness (QED) is 0.715. The average molecular weight is 421 g/mol. The van der Waals surface area contributed by atoms with Gasteiger partial charge in [-0.25, -0.2) is 18.1 Å². The minimum absolute atomic E-state index is 0.0161. The minimum atomic E-state index is -3.36. The fraction of sp³-hybridized carbons (Fsp3) is 0.619. The van der Waals surface area contributed by atoms with E-state index in [0.29, 0.717) is 31.4 Å². The highest BCUT2D eigenvalue weighted by atomic mass is 32.2. The van der Waals surface area contributed by atoms with Crippen molar-refractivity contribution in [3.8, 4) is 0 Å². The molecule has 1 fully saturated rings. The first-order chi connectivity index (χ1) is 13.7. The maximum atomic E-state index is 12.6. The Morgan fingerprint density at radius 2 is 1.86 bits per heavy atom. The number of carbonyl (C=O) groups excluding carboxylic acids is 1. The van der Waals surface area contributed by atoms with Crippen molar-refractivity contribution in [3.05, 3.63) is 30.5 Å². The van der Waals surface area contributed by atoms with Crippen LogP contribution in [-0.2, 0) is 14.8 Å². The van der Waals surface area contributed by atoms with Crippen molar-refractivity contribution >= 4 is 27.4 Å². The molecule has 1 aromatic heterocycles. The van der Waals surface area contributed by atoms with Gasteiger partial charge in [0.25, 0.3) is 0 Å². The smallest absolute Gasteiger partial charge is 0.227 e. The highest BCUT2D eigenvalue weighted by Crippen LogP contribution is 2.27. The average Bonchev–Trinajstić information content (AvgIpc) is 2.68. The van der Waals surface area contributed by atoms with E-state index in [4.69, 9.17) is 0 Å². The first-order valence-electron chi connectivity index (χ1n) is 10.3. The first kappa shape index (κ1) is 21.8. The number of sulfonamides is 1. The second-order valence-electron chi connectivity index (χ2n) is 8.88. The summed E-state index contributed by atoms with van der Waals surface area (Å²) >= 11 is 0. The standard InChI is InChI=1S/C21H32N4O3S/c1-21(2,3)29(27,28)24-17-9-7-16(8-10-17)20(26)23-18-11-12-19(22-15-18)25-13-5-4-6-14-25/h4-5,11-12,15-17,24H,6-10,13-14H2,1-3H3,(H,23,26). The topological polar surface area (TPSA) is 91.4 Å². The largest absolute Gasteiger partial charge is 0.353 e. The summed E-state index contributed by atoms with van der Waals surface area (Å²) in [5, 5.41) is 2.96. The second kappa shape index (κ2) is 8.83. The molecule has 2 heterocycles. The Balaban J connectivity index is 1.49. The van der Waals surface area contributed by atoms with Gasteiger partial charge in [-0.15, -0.1) is 0 Å². The highest BCUT2D eigenvalue weighted by molar-refractivity contribution is 7.90. The Hall–Kier alpha value is -1.93. The minimum Gasteiger partial charge on any atom is -0.353 e. The van der Waals surface area contributed by atoms with Crippen LogP contribution >= 0.6 is 0 Å². The number of pyridine rings is 1. The van der Waals surface area contributed by atoms with Gasteiger partial charge in [-0.3, -0.25) is 4.79 Å². The van der Waals surface area contributed by atoms with Crippen molar-refractivity contribution in [1.29, 1.82) is 0 Å². The Morgan fingerprint density at radius 3 is 2.41 bits per heavy atom. The van der Waals surface area contributed by atoms with E-state index in [1.165, 1.54) is 0 Å². The monoisotopic (exact) mass is 420 g/mol. The van der Waals surface area contributed by atoms with Crippen molar-refractivity contribution in [2.75, 3.05) is 23.3 Å². The molecule has 1 aliphatic carbocycles. The Bertz CT molecular complexity index is 836. The zero-order valence-corrected chi connectivity index (χ0v) is 18.3. The Morgan fingerprint density at radius 1 is 1.14 bits per heavy atom. The van der Waals surface area contributed by atoms with Crippen LogP contribution in [0.3, 0.4) is 0 Å². The van der Waals surface area contributed by atoms with E-state index in [1.807, 2.05) is 12.1 Å². The van der Waals surface area contributed by atoms with E-state index in [-0.39, 0.29) is 17.9 Å². The first-order valence-corrected chi connectivity index (χ1v) is 11.8. The number of amides is 1. The van der Waals surface area contributed by atoms with Gasteiger partial charge in [0, 0.05) is 25.0 Å². The van der Waals surface area contributed by atoms with Gasteiger partial charge in [-0.1, -0.05) is 12.2 Å². The summed E-state index contributed by atoms with van der Waals surface area (Å²) in [6.45, 7) is 6.89. The molecule has 1 amide bonds. The maximum absolute atomic E-state index is 12.6. The Labute approximate surface area is 174 Å². The summed E-state index contributed by atoms with van der Waals surface area (Å²) in [5.74, 6) is 0.800. The van der Waals surface area contributed by atoms with Gasteiger partial charge in [-0.2, -0.15) is 0 Å². The van der Waals surface area contributed by atoms with E-state index in [9.17, 15) is 13.2 Å². The predicted octanol–water partition coefficient (Wildman–Crippen LogP) is 3.06. The molecular weight excluding hydrogens is 388 g/mol. The van der Waals surface area contributed by atoms with Crippen LogP contribution < -0.4 is 14.9 Å². The second-order valence-corrected chi connectivity index (χ2v) is 11.3. The molecule has 7 nitrogen and oxygen atoms in total. The van der Waals surface area contributed by atoms with Crippen LogP contribution in [0.4, 0.5) is 11.5 Å². The van der Waals surface area contributed by atoms with Crippen LogP contribution in [0.1, 0.15) is 52.9 Å². The van der Waals surface area contributed by atoms with Gasteiger partial charge < -0.3 is 10.2 Å². The summed E-state index contributed by atoms with van der Waals surface area (Å²) in [4.78, 5) is 19.3. The molecule has 8 heteroatoms. The third-order valence-electron chi connectivity index (χ3n) is 5.62. The zero-order chi connectivity index (χ0) is 21.1. The van der Waals surface area contributed by atoms with Crippen LogP contribution in [0.5, 0.6) is 0 Å². The van der Waals surface area contributed by atoms with Gasteiger partial charge in [0.2, 0.25) is 15.9 Å². The molecular formula is C21H32N4O3S. The van der Waals surface area contributed by atoms with Crippen LogP contribution in [-0.4, -0.2) is 43.2 Å². The molecule has 1 saturated carbocycles. The molecule has 0 saturated heterocycles. The third kappa shape index (κ3) is 5.57. The fourth-order valence-electron chi connectivity index (χ4n) is 3.61. The highest BCUT2D eigenvalue weighted by Gasteiger charge is 2.34. The van der Waals surface area contributed by atoms with E-state index in [1.54, 1.807) is 27.0 Å². The Kier molecular flexibility index (Phi) is 6.63. The normalized spacial score (nSPS) is 23.1. The predicted molar refractivity (Wildman–Crippen MR) is 116 cm³/mol. The van der Waals surface area contributed by atoms with Crippen LogP contribution in [0, 0.1) is 5.92 Å². The molecule has 3 rings (SSSR count). The van der Waals surface area contributed by atoms with Gasteiger partial charge in [0.1, 0.15) is 5.82 Å². The van der Waals surface area contributed by atoms with E-state index >= 15 is 0 Å². The van der Waals surface area contributed by atoms with Crippen molar-refractivity contribution in [2.24, 2.45) is 5.92 Å².